The Morgan fingerprint density at radius 3 is 2.39 bits per heavy atom. The predicted octanol–water partition coefficient (Wildman–Crippen LogP) is 5.26. The number of anilines is 2. The molecule has 0 atom stereocenters. The summed E-state index contributed by atoms with van der Waals surface area (Å²) in [6.45, 7) is 0. The maximum Gasteiger partial charge on any atom is 0.101 e. The highest BCUT2D eigenvalue weighted by molar-refractivity contribution is 6.42. The molecule has 0 aliphatic rings. The van der Waals surface area contributed by atoms with E-state index in [-0.39, 0.29) is 0 Å². The van der Waals surface area contributed by atoms with E-state index >= 15 is 0 Å². The van der Waals surface area contributed by atoms with Crippen LogP contribution in [0.15, 0.2) is 36.4 Å². The Kier molecular flexibility index (Phi) is 3.98. The third kappa shape index (κ3) is 2.88. The fourth-order valence-corrected chi connectivity index (χ4v) is 1.92. The Hall–Kier alpha value is -1.40. The lowest BCUT2D eigenvalue weighted by molar-refractivity contribution is 1.46. The van der Waals surface area contributed by atoms with E-state index in [4.69, 9.17) is 40.1 Å². The van der Waals surface area contributed by atoms with Gasteiger partial charge in [-0.2, -0.15) is 5.26 Å². The van der Waals surface area contributed by atoms with Gasteiger partial charge in [-0.1, -0.05) is 34.8 Å². The second-order valence-corrected chi connectivity index (χ2v) is 4.81. The lowest BCUT2D eigenvalue weighted by atomic mass is 10.2. The highest BCUT2D eigenvalue weighted by Crippen LogP contribution is 2.29. The molecule has 0 saturated heterocycles. The fourth-order valence-electron chi connectivity index (χ4n) is 1.45. The van der Waals surface area contributed by atoms with Gasteiger partial charge in [0.1, 0.15) is 6.07 Å². The highest BCUT2D eigenvalue weighted by Gasteiger charge is 2.05. The number of nitriles is 1. The number of rotatable bonds is 2. The van der Waals surface area contributed by atoms with Crippen molar-refractivity contribution in [2.45, 2.75) is 0 Å². The minimum Gasteiger partial charge on any atom is -0.354 e. The first-order valence-corrected chi connectivity index (χ1v) is 6.15. The fraction of sp³-hybridized carbons (Fsp3) is 0. The maximum absolute atomic E-state index is 9.01. The van der Waals surface area contributed by atoms with Crippen LogP contribution >= 0.6 is 34.8 Å². The van der Waals surface area contributed by atoms with Crippen LogP contribution in [0.2, 0.25) is 15.1 Å². The van der Waals surface area contributed by atoms with Gasteiger partial charge in [-0.3, -0.25) is 0 Å². The van der Waals surface area contributed by atoms with Gasteiger partial charge in [-0.25, -0.2) is 0 Å². The molecule has 5 heteroatoms. The minimum atomic E-state index is 0.446. The number of nitrogens with one attached hydrogen (secondary N) is 1. The monoisotopic (exact) mass is 296 g/mol. The van der Waals surface area contributed by atoms with Crippen LogP contribution in [0.4, 0.5) is 11.4 Å². The predicted molar refractivity (Wildman–Crippen MR) is 75.9 cm³/mol. The first-order valence-electron chi connectivity index (χ1n) is 5.02. The van der Waals surface area contributed by atoms with Crippen molar-refractivity contribution in [2.24, 2.45) is 0 Å². The molecule has 1 N–H and O–H groups in total. The molecule has 0 unspecified atom stereocenters. The van der Waals surface area contributed by atoms with Gasteiger partial charge in [-0.05, 0) is 36.4 Å². The van der Waals surface area contributed by atoms with Crippen LogP contribution in [-0.4, -0.2) is 0 Å². The van der Waals surface area contributed by atoms with Crippen molar-refractivity contribution in [1.29, 1.82) is 5.26 Å². The van der Waals surface area contributed by atoms with E-state index in [1.165, 1.54) is 0 Å². The zero-order valence-electron chi connectivity index (χ0n) is 9.05. The molecule has 0 heterocycles. The van der Waals surface area contributed by atoms with E-state index < -0.39 is 0 Å². The molecule has 2 aromatic carbocycles. The minimum absolute atomic E-state index is 0.446. The summed E-state index contributed by atoms with van der Waals surface area (Å²) < 4.78 is 0. The molecule has 0 bridgehead atoms. The van der Waals surface area contributed by atoms with Crippen molar-refractivity contribution in [2.75, 3.05) is 5.32 Å². The van der Waals surface area contributed by atoms with Crippen molar-refractivity contribution < 1.29 is 0 Å². The third-order valence-electron chi connectivity index (χ3n) is 2.30. The van der Waals surface area contributed by atoms with Crippen LogP contribution in [0.3, 0.4) is 0 Å². The molecule has 0 radical (unpaired) electrons. The SMILES string of the molecule is N#Cc1ccc(Cl)cc1Nc1ccc(Cl)c(Cl)c1. The molecule has 0 saturated carbocycles. The molecule has 90 valence electrons. The number of benzene rings is 2. The van der Waals surface area contributed by atoms with E-state index in [0.29, 0.717) is 26.3 Å². The molecular weight excluding hydrogens is 291 g/mol. The standard InChI is InChI=1S/C13H7Cl3N2/c14-9-2-1-8(7-17)13(5-9)18-10-3-4-11(15)12(16)6-10/h1-6,18H. The summed E-state index contributed by atoms with van der Waals surface area (Å²) in [5.74, 6) is 0. The number of hydrogen-bond donors (Lipinski definition) is 1. The number of halogens is 3. The summed E-state index contributed by atoms with van der Waals surface area (Å²) >= 11 is 17.7. The zero-order valence-corrected chi connectivity index (χ0v) is 11.3. The van der Waals surface area contributed by atoms with Gasteiger partial charge in [0, 0.05) is 10.7 Å². The Bertz CT molecular complexity index is 633. The zero-order chi connectivity index (χ0) is 13.1. The third-order valence-corrected chi connectivity index (χ3v) is 3.27. The Labute approximate surface area is 120 Å². The summed E-state index contributed by atoms with van der Waals surface area (Å²) in [4.78, 5) is 0. The Balaban J connectivity index is 2.36. The van der Waals surface area contributed by atoms with Crippen LogP contribution in [0.1, 0.15) is 5.56 Å². The van der Waals surface area contributed by atoms with Gasteiger partial charge in [0.25, 0.3) is 0 Å². The van der Waals surface area contributed by atoms with E-state index in [9.17, 15) is 0 Å². The molecule has 18 heavy (non-hydrogen) atoms. The van der Waals surface area contributed by atoms with Crippen LogP contribution < -0.4 is 5.32 Å². The second-order valence-electron chi connectivity index (χ2n) is 3.56. The van der Waals surface area contributed by atoms with E-state index in [1.807, 2.05) is 0 Å². The Morgan fingerprint density at radius 2 is 1.72 bits per heavy atom. The van der Waals surface area contributed by atoms with Crippen molar-refractivity contribution >= 4 is 46.2 Å². The van der Waals surface area contributed by atoms with Crippen molar-refractivity contribution in [1.82, 2.24) is 0 Å². The van der Waals surface area contributed by atoms with Crippen LogP contribution in [-0.2, 0) is 0 Å². The van der Waals surface area contributed by atoms with Crippen molar-refractivity contribution in [3.63, 3.8) is 0 Å². The molecule has 0 fully saturated rings. The first-order chi connectivity index (χ1) is 8.60. The quantitative estimate of drug-likeness (QED) is 0.820. The molecule has 0 aromatic heterocycles. The second kappa shape index (κ2) is 5.49. The molecular formula is C13H7Cl3N2. The summed E-state index contributed by atoms with van der Waals surface area (Å²) in [6.07, 6.45) is 0. The van der Waals surface area contributed by atoms with E-state index in [0.717, 1.165) is 5.69 Å². The molecule has 0 spiro atoms. The van der Waals surface area contributed by atoms with Crippen LogP contribution in [0, 0.1) is 11.3 Å². The summed E-state index contributed by atoms with van der Waals surface area (Å²) in [5, 5.41) is 13.6. The molecule has 0 amide bonds. The average Bonchev–Trinajstić information content (AvgIpc) is 2.34. The van der Waals surface area contributed by atoms with E-state index in [2.05, 4.69) is 11.4 Å². The molecule has 0 aliphatic carbocycles. The van der Waals surface area contributed by atoms with Gasteiger partial charge in [0.15, 0.2) is 0 Å². The first kappa shape index (κ1) is 13.0. The largest absolute Gasteiger partial charge is 0.354 e. The lowest BCUT2D eigenvalue weighted by Gasteiger charge is -2.09. The van der Waals surface area contributed by atoms with Crippen LogP contribution in [0.25, 0.3) is 0 Å². The number of hydrogen-bond acceptors (Lipinski definition) is 2. The average molecular weight is 298 g/mol. The van der Waals surface area contributed by atoms with Crippen molar-refractivity contribution in [3.8, 4) is 6.07 Å². The summed E-state index contributed by atoms with van der Waals surface area (Å²) in [6, 6.07) is 12.2. The van der Waals surface area contributed by atoms with Gasteiger partial charge >= 0.3 is 0 Å². The Morgan fingerprint density at radius 1 is 0.944 bits per heavy atom. The molecule has 2 nitrogen and oxygen atoms in total. The summed E-state index contributed by atoms with van der Waals surface area (Å²) in [7, 11) is 0. The highest BCUT2D eigenvalue weighted by atomic mass is 35.5. The topological polar surface area (TPSA) is 35.8 Å². The molecule has 2 rings (SSSR count). The molecule has 2 aromatic rings. The van der Waals surface area contributed by atoms with Gasteiger partial charge in [0.05, 0.1) is 21.3 Å². The lowest BCUT2D eigenvalue weighted by Crippen LogP contribution is -1.93. The van der Waals surface area contributed by atoms with Gasteiger partial charge < -0.3 is 5.32 Å². The van der Waals surface area contributed by atoms with E-state index in [1.54, 1.807) is 36.4 Å². The smallest absolute Gasteiger partial charge is 0.101 e. The maximum atomic E-state index is 9.01. The van der Waals surface area contributed by atoms with Gasteiger partial charge in [-0.15, -0.1) is 0 Å². The normalized spacial score (nSPS) is 9.89. The van der Waals surface area contributed by atoms with Crippen molar-refractivity contribution in [3.05, 3.63) is 57.0 Å². The van der Waals surface area contributed by atoms with Gasteiger partial charge in [0.2, 0.25) is 0 Å². The number of nitrogens with zero attached hydrogens (tertiary/aromatic N) is 1. The summed E-state index contributed by atoms with van der Waals surface area (Å²) in [5.41, 5.74) is 1.87. The van der Waals surface area contributed by atoms with Crippen LogP contribution in [0.5, 0.6) is 0 Å². The molecule has 0 aliphatic heterocycles.